The molecular formula is C34H55NO11. The van der Waals surface area contributed by atoms with Gasteiger partial charge in [0.2, 0.25) is 0 Å². The molecule has 0 spiro atoms. The summed E-state index contributed by atoms with van der Waals surface area (Å²) in [6.07, 6.45) is -1.96. The molecule has 3 saturated carbocycles. The van der Waals surface area contributed by atoms with Crippen LogP contribution in [0.25, 0.3) is 0 Å². The number of cyclic esters (lactones) is 1. The third-order valence-corrected chi connectivity index (χ3v) is 13.3. The maximum atomic E-state index is 12.3. The van der Waals surface area contributed by atoms with Gasteiger partial charge in [0, 0.05) is 11.5 Å². The summed E-state index contributed by atoms with van der Waals surface area (Å²) in [5.41, 5.74) is 5.82. The van der Waals surface area contributed by atoms with Gasteiger partial charge in [-0.05, 0) is 94.0 Å². The number of hydrogen-bond acceptors (Lipinski definition) is 12. The van der Waals surface area contributed by atoms with Crippen LogP contribution in [-0.4, -0.2) is 111 Å². The minimum Gasteiger partial charge on any atom is -0.458 e. The molecule has 7 N–H and O–H groups in total. The van der Waals surface area contributed by atoms with Crippen LogP contribution in [0.5, 0.6) is 0 Å². The Hall–Kier alpha value is -1.19. The number of carbonyl (C=O) groups is 1. The van der Waals surface area contributed by atoms with E-state index in [1.807, 2.05) is 0 Å². The first kappa shape index (κ1) is 34.7. The van der Waals surface area contributed by atoms with E-state index >= 15 is 0 Å². The minimum absolute atomic E-state index is 0.00807. The van der Waals surface area contributed by atoms with E-state index in [0.29, 0.717) is 12.5 Å². The minimum atomic E-state index is -1.45. The molecule has 5 fully saturated rings. The Kier molecular flexibility index (Phi) is 9.50. The second kappa shape index (κ2) is 12.6. The third-order valence-electron chi connectivity index (χ3n) is 13.3. The van der Waals surface area contributed by atoms with Crippen molar-refractivity contribution in [3.8, 4) is 0 Å². The normalized spacial score (nSPS) is 54.7. The number of carbonyl (C=O) groups excluding carboxylic acids is 1. The smallest absolute Gasteiger partial charge is 0.331 e. The van der Waals surface area contributed by atoms with Crippen LogP contribution in [0.1, 0.15) is 86.0 Å². The molecule has 262 valence electrons. The van der Waals surface area contributed by atoms with Crippen molar-refractivity contribution < 1.29 is 54.0 Å². The Labute approximate surface area is 271 Å². The molecule has 15 atom stereocenters. The zero-order valence-electron chi connectivity index (χ0n) is 27.8. The van der Waals surface area contributed by atoms with E-state index in [-0.39, 0.29) is 34.7 Å². The number of aliphatic hydroxyl groups is 5. The summed E-state index contributed by atoms with van der Waals surface area (Å²) in [5.74, 6) is 0.296. The highest BCUT2D eigenvalue weighted by molar-refractivity contribution is 5.85. The van der Waals surface area contributed by atoms with E-state index in [9.17, 15) is 30.3 Å². The van der Waals surface area contributed by atoms with E-state index in [2.05, 4.69) is 20.8 Å². The Morgan fingerprint density at radius 2 is 1.48 bits per heavy atom. The molecule has 0 aromatic heterocycles. The van der Waals surface area contributed by atoms with Crippen LogP contribution in [0.15, 0.2) is 11.6 Å². The first-order valence-electron chi connectivity index (χ1n) is 17.3. The lowest BCUT2D eigenvalue weighted by atomic mass is 9.49. The molecule has 0 bridgehead atoms. The summed E-state index contributed by atoms with van der Waals surface area (Å²) in [5, 5.41) is 55.2. The van der Waals surface area contributed by atoms with Gasteiger partial charge in [-0.2, -0.15) is 0 Å². The van der Waals surface area contributed by atoms with Crippen LogP contribution in [-0.2, 0) is 28.5 Å². The van der Waals surface area contributed by atoms with Gasteiger partial charge in [-0.3, -0.25) is 0 Å². The van der Waals surface area contributed by atoms with E-state index < -0.39 is 67.0 Å². The Bertz CT molecular complexity index is 1160. The molecule has 0 radical (unpaired) electrons. The van der Waals surface area contributed by atoms with Gasteiger partial charge in [0.05, 0.1) is 30.0 Å². The zero-order chi connectivity index (χ0) is 33.3. The number of rotatable bonds is 6. The summed E-state index contributed by atoms with van der Waals surface area (Å²) in [6.45, 7) is 10.4. The van der Waals surface area contributed by atoms with Crippen molar-refractivity contribution in [2.75, 3.05) is 6.61 Å². The van der Waals surface area contributed by atoms with Crippen molar-refractivity contribution >= 4 is 5.97 Å². The van der Waals surface area contributed by atoms with Crippen LogP contribution in [0.2, 0.25) is 0 Å². The van der Waals surface area contributed by atoms with Gasteiger partial charge < -0.3 is 55.0 Å². The van der Waals surface area contributed by atoms with Gasteiger partial charge in [0.25, 0.3) is 0 Å². The molecular weight excluding hydrogens is 598 g/mol. The molecule has 3 heterocycles. The van der Waals surface area contributed by atoms with Crippen LogP contribution in [0.3, 0.4) is 0 Å². The van der Waals surface area contributed by atoms with Crippen LogP contribution >= 0.6 is 0 Å². The average Bonchev–Trinajstić information content (AvgIpc) is 3.56. The number of hydrogen-bond donors (Lipinski definition) is 6. The second-order valence-electron chi connectivity index (χ2n) is 15.7. The molecule has 0 amide bonds. The monoisotopic (exact) mass is 653 g/mol. The highest BCUT2D eigenvalue weighted by Crippen LogP contribution is 2.66. The van der Waals surface area contributed by atoms with Crippen molar-refractivity contribution in [2.45, 2.75) is 159 Å². The maximum absolute atomic E-state index is 12.3. The Morgan fingerprint density at radius 1 is 0.826 bits per heavy atom. The van der Waals surface area contributed by atoms with Gasteiger partial charge in [0.15, 0.2) is 12.6 Å². The molecule has 3 aliphatic heterocycles. The van der Waals surface area contributed by atoms with Crippen molar-refractivity contribution in [2.24, 2.45) is 34.3 Å². The van der Waals surface area contributed by atoms with Crippen molar-refractivity contribution in [1.29, 1.82) is 0 Å². The lowest BCUT2D eigenvalue weighted by molar-refractivity contribution is -0.352. The van der Waals surface area contributed by atoms with Gasteiger partial charge in [0.1, 0.15) is 37.1 Å². The molecule has 8 unspecified atom stereocenters. The van der Waals surface area contributed by atoms with Crippen molar-refractivity contribution in [3.05, 3.63) is 11.6 Å². The number of nitrogens with two attached hydrogens (primary N) is 1. The maximum Gasteiger partial charge on any atom is 0.331 e. The molecule has 12 heteroatoms. The zero-order valence-corrected chi connectivity index (χ0v) is 27.8. The van der Waals surface area contributed by atoms with Crippen LogP contribution in [0.4, 0.5) is 0 Å². The van der Waals surface area contributed by atoms with Gasteiger partial charge >= 0.3 is 5.97 Å². The Morgan fingerprint density at radius 3 is 2.13 bits per heavy atom. The van der Waals surface area contributed by atoms with E-state index in [1.54, 1.807) is 19.9 Å². The quantitative estimate of drug-likeness (QED) is 0.226. The largest absolute Gasteiger partial charge is 0.458 e. The van der Waals surface area contributed by atoms with Crippen LogP contribution in [0, 0.1) is 28.6 Å². The van der Waals surface area contributed by atoms with Crippen LogP contribution < -0.4 is 5.73 Å². The summed E-state index contributed by atoms with van der Waals surface area (Å²) < 4.78 is 29.0. The summed E-state index contributed by atoms with van der Waals surface area (Å²) in [6, 6.07) is -0.804. The predicted molar refractivity (Wildman–Crippen MR) is 164 cm³/mol. The fraction of sp³-hybridized carbons (Fsp3) is 0.912. The van der Waals surface area contributed by atoms with Crippen molar-refractivity contribution in [3.63, 3.8) is 0 Å². The van der Waals surface area contributed by atoms with E-state index in [0.717, 1.165) is 56.9 Å². The fourth-order valence-electron chi connectivity index (χ4n) is 10.1. The topological polar surface area (TPSA) is 190 Å². The van der Waals surface area contributed by atoms with Gasteiger partial charge in [-0.15, -0.1) is 0 Å². The summed E-state index contributed by atoms with van der Waals surface area (Å²) >= 11 is 0. The van der Waals surface area contributed by atoms with E-state index in [1.165, 1.54) is 0 Å². The Balaban J connectivity index is 1.07. The lowest BCUT2D eigenvalue weighted by Crippen LogP contribution is -2.65. The highest BCUT2D eigenvalue weighted by Gasteiger charge is 2.65. The lowest BCUT2D eigenvalue weighted by Gasteiger charge is -2.58. The molecule has 0 aromatic rings. The number of fused-ring (bicyclic) bond motifs is 1. The van der Waals surface area contributed by atoms with E-state index in [4.69, 9.17) is 29.4 Å². The van der Waals surface area contributed by atoms with Gasteiger partial charge in [-0.25, -0.2) is 4.79 Å². The standard InChI is InChI=1S/C34H55NO11/c1-16-21(8-12-33(5)22(9-13-34(16,33)41)19-14-23(36)42-15-19)32(4)10-6-20(7-11-32)45-31-28(40)29(25(37)18(3)44-31)46-30-27(39)26(38)24(35)17(2)43-30/h14,16-18,20-22,24-31,37-41H,6-13,15,35H2,1-5H3/t16-,17?,18?,20?,21?,22-,24?,25?,26+,27+,28+,29+,30?,31?,32?,33?,34+/m1/s1. The molecule has 2 saturated heterocycles. The molecule has 0 aromatic carbocycles. The first-order valence-corrected chi connectivity index (χ1v) is 17.3. The summed E-state index contributed by atoms with van der Waals surface area (Å²) in [7, 11) is 0. The molecule has 46 heavy (non-hydrogen) atoms. The first-order chi connectivity index (χ1) is 21.6. The number of aliphatic hydroxyl groups excluding tert-OH is 4. The number of esters is 1. The molecule has 3 aliphatic carbocycles. The number of ether oxygens (including phenoxy) is 5. The molecule has 6 rings (SSSR count). The fourth-order valence-corrected chi connectivity index (χ4v) is 10.1. The predicted octanol–water partition coefficient (Wildman–Crippen LogP) is 1.27. The van der Waals surface area contributed by atoms with Crippen molar-refractivity contribution in [1.82, 2.24) is 0 Å². The molecule has 6 aliphatic rings. The average molecular weight is 654 g/mol. The SMILES string of the molecule is CC1OC(O[C@H]2C(O)C(C)OC(OC3CCC(C)(C4CCC5(C)[C@@H](C6=CC(=O)OC6)CC[C@]5(O)[C@@H]4C)CC3)[C@H]2O)[C@@H](O)[C@@H](O)C1N. The highest BCUT2D eigenvalue weighted by atomic mass is 16.7. The third kappa shape index (κ3) is 5.68. The summed E-state index contributed by atoms with van der Waals surface area (Å²) in [4.78, 5) is 11.8. The molecule has 12 nitrogen and oxygen atoms in total. The second-order valence-corrected chi connectivity index (χ2v) is 15.7. The van der Waals surface area contributed by atoms with Gasteiger partial charge in [-0.1, -0.05) is 20.8 Å².